The molecule has 1 atom stereocenters. The third kappa shape index (κ3) is 3.18. The van der Waals surface area contributed by atoms with Crippen LogP contribution >= 0.6 is 15.9 Å². The van der Waals surface area contributed by atoms with Crippen molar-refractivity contribution < 1.29 is 0 Å². The zero-order chi connectivity index (χ0) is 19.1. The third-order valence-corrected chi connectivity index (χ3v) is 13.6. The average Bonchev–Trinajstić information content (AvgIpc) is 3.03. The largest absolute Gasteiger partial charge is 0.278 e. The van der Waals surface area contributed by atoms with E-state index in [0.717, 1.165) is 11.9 Å². The van der Waals surface area contributed by atoms with Crippen LogP contribution in [0.25, 0.3) is 10.9 Å². The van der Waals surface area contributed by atoms with Crippen LogP contribution in [0.15, 0.2) is 16.7 Å². The minimum absolute atomic E-state index is 0.343. The van der Waals surface area contributed by atoms with Crippen LogP contribution in [0.4, 0.5) is 0 Å². The SMILES string of the molecule is CC(C)[Si](C#C[C@H]1CCCc2cc3[nH]ncc3c(Br)c21)(C(C)C)C(C)C. The van der Waals surface area contributed by atoms with Gasteiger partial charge in [-0.1, -0.05) is 41.5 Å². The molecule has 0 fully saturated rings. The van der Waals surface area contributed by atoms with Gasteiger partial charge < -0.3 is 0 Å². The Hall–Kier alpha value is -1.05. The number of hydrogen-bond donors (Lipinski definition) is 1. The summed E-state index contributed by atoms with van der Waals surface area (Å²) in [5, 5.41) is 8.52. The Morgan fingerprint density at radius 2 is 1.81 bits per heavy atom. The summed E-state index contributed by atoms with van der Waals surface area (Å²) in [6.45, 7) is 14.3. The Bertz CT molecular complexity index is 832. The maximum Gasteiger partial charge on any atom is 0.145 e. The van der Waals surface area contributed by atoms with Crippen LogP contribution < -0.4 is 0 Å². The molecule has 3 rings (SSSR count). The van der Waals surface area contributed by atoms with E-state index in [2.05, 4.69) is 85.2 Å². The molecule has 0 aliphatic heterocycles. The quantitative estimate of drug-likeness (QED) is 0.413. The molecule has 1 aromatic carbocycles. The van der Waals surface area contributed by atoms with Gasteiger partial charge in [-0.05, 0) is 69.0 Å². The third-order valence-electron chi connectivity index (χ3n) is 6.42. The zero-order valence-corrected chi connectivity index (χ0v) is 19.5. The van der Waals surface area contributed by atoms with Gasteiger partial charge in [0.25, 0.3) is 0 Å². The number of hydrogen-bond acceptors (Lipinski definition) is 1. The van der Waals surface area contributed by atoms with Gasteiger partial charge in [0.05, 0.1) is 11.7 Å². The number of nitrogens with one attached hydrogen (secondary N) is 1. The predicted octanol–water partition coefficient (Wildman–Crippen LogP) is 6.97. The molecule has 0 spiro atoms. The van der Waals surface area contributed by atoms with Gasteiger partial charge in [0.15, 0.2) is 0 Å². The molecule has 0 saturated carbocycles. The summed E-state index contributed by atoms with van der Waals surface area (Å²) in [6.07, 6.45) is 5.45. The number of rotatable bonds is 3. The van der Waals surface area contributed by atoms with E-state index >= 15 is 0 Å². The first kappa shape index (κ1) is 19.7. The topological polar surface area (TPSA) is 28.7 Å². The van der Waals surface area contributed by atoms with Crippen molar-refractivity contribution in [3.63, 3.8) is 0 Å². The summed E-state index contributed by atoms with van der Waals surface area (Å²) in [4.78, 5) is 0. The van der Waals surface area contributed by atoms with Crippen molar-refractivity contribution in [1.82, 2.24) is 10.2 Å². The lowest BCUT2D eigenvalue weighted by molar-refractivity contribution is 0.640. The maximum atomic E-state index is 4.23. The van der Waals surface area contributed by atoms with E-state index in [9.17, 15) is 0 Å². The van der Waals surface area contributed by atoms with Gasteiger partial charge in [-0.25, -0.2) is 0 Å². The van der Waals surface area contributed by atoms with Crippen molar-refractivity contribution >= 4 is 34.9 Å². The Kier molecular flexibility index (Phi) is 5.70. The summed E-state index contributed by atoms with van der Waals surface area (Å²) in [5.41, 5.74) is 9.97. The van der Waals surface area contributed by atoms with Crippen molar-refractivity contribution in [2.24, 2.45) is 0 Å². The second-order valence-corrected chi connectivity index (χ2v) is 15.1. The standard InChI is InChI=1S/C22H31BrN2Si/c1-14(2)26(15(3)4,16(5)6)11-10-17-8-7-9-18-12-20-19(13-24-25-20)22(23)21(17)18/h12-17H,7-9H2,1-6H3,(H,24,25)/t17-/m1/s1. The first-order valence-electron chi connectivity index (χ1n) is 9.96. The summed E-state index contributed by atoms with van der Waals surface area (Å²) < 4.78 is 1.20. The van der Waals surface area contributed by atoms with Gasteiger partial charge >= 0.3 is 0 Å². The number of aryl methyl sites for hydroxylation is 1. The summed E-state index contributed by atoms with van der Waals surface area (Å²) in [7, 11) is -1.69. The molecular weight excluding hydrogens is 400 g/mol. The van der Waals surface area contributed by atoms with Gasteiger partial charge in [-0.3, -0.25) is 5.10 Å². The van der Waals surface area contributed by atoms with Crippen molar-refractivity contribution in [1.29, 1.82) is 0 Å². The first-order valence-corrected chi connectivity index (χ1v) is 13.0. The number of benzene rings is 1. The minimum Gasteiger partial charge on any atom is -0.278 e. The van der Waals surface area contributed by atoms with E-state index in [-0.39, 0.29) is 0 Å². The van der Waals surface area contributed by atoms with E-state index in [1.165, 1.54) is 33.8 Å². The summed E-state index contributed by atoms with van der Waals surface area (Å²) >= 11 is 3.88. The Labute approximate surface area is 167 Å². The Morgan fingerprint density at radius 3 is 2.42 bits per heavy atom. The number of fused-ring (bicyclic) bond motifs is 2. The fraction of sp³-hybridized carbons (Fsp3) is 0.591. The van der Waals surface area contributed by atoms with Crippen LogP contribution in [0.2, 0.25) is 16.6 Å². The molecule has 0 radical (unpaired) electrons. The molecule has 2 nitrogen and oxygen atoms in total. The predicted molar refractivity (Wildman–Crippen MR) is 118 cm³/mol. The van der Waals surface area contributed by atoms with Crippen molar-refractivity contribution in [3.8, 4) is 11.5 Å². The van der Waals surface area contributed by atoms with Gasteiger partial charge in [-0.2, -0.15) is 5.10 Å². The second-order valence-electron chi connectivity index (χ2n) is 8.71. The normalized spacial score (nSPS) is 17.7. The highest BCUT2D eigenvalue weighted by molar-refractivity contribution is 9.10. The molecule has 1 aliphatic carbocycles. The molecule has 0 unspecified atom stereocenters. The molecule has 4 heteroatoms. The highest BCUT2D eigenvalue weighted by Gasteiger charge is 2.42. The van der Waals surface area contributed by atoms with Crippen LogP contribution in [0.5, 0.6) is 0 Å². The lowest BCUT2D eigenvalue weighted by atomic mass is 9.82. The molecule has 26 heavy (non-hydrogen) atoms. The van der Waals surface area contributed by atoms with Crippen LogP contribution in [0.3, 0.4) is 0 Å². The lowest BCUT2D eigenvalue weighted by Crippen LogP contribution is -2.43. The van der Waals surface area contributed by atoms with Crippen molar-refractivity contribution in [3.05, 3.63) is 27.9 Å². The highest BCUT2D eigenvalue weighted by atomic mass is 79.9. The molecule has 0 bridgehead atoms. The summed E-state index contributed by atoms with van der Waals surface area (Å²) in [5.74, 6) is 4.15. The summed E-state index contributed by atoms with van der Waals surface area (Å²) in [6, 6.07) is 2.29. The van der Waals surface area contributed by atoms with E-state index in [4.69, 9.17) is 0 Å². The van der Waals surface area contributed by atoms with Gasteiger partial charge in [0, 0.05) is 15.8 Å². The lowest BCUT2D eigenvalue weighted by Gasteiger charge is -2.38. The highest BCUT2D eigenvalue weighted by Crippen LogP contribution is 2.43. The van der Waals surface area contributed by atoms with Gasteiger partial charge in [0.2, 0.25) is 0 Å². The fourth-order valence-electron chi connectivity index (χ4n) is 5.13. The average molecular weight is 431 g/mol. The minimum atomic E-state index is -1.69. The number of aromatic amines is 1. The second kappa shape index (κ2) is 7.52. The molecule has 1 N–H and O–H groups in total. The molecule has 0 amide bonds. The van der Waals surface area contributed by atoms with Crippen LogP contribution in [0.1, 0.15) is 71.4 Å². The first-order chi connectivity index (χ1) is 12.3. The Balaban J connectivity index is 2.10. The monoisotopic (exact) mass is 430 g/mol. The van der Waals surface area contributed by atoms with Crippen molar-refractivity contribution in [2.45, 2.75) is 83.3 Å². The van der Waals surface area contributed by atoms with E-state index in [0.29, 0.717) is 22.5 Å². The molecular formula is C22H31BrN2Si. The van der Waals surface area contributed by atoms with Gasteiger partial charge in [0.1, 0.15) is 8.07 Å². The number of aromatic nitrogens is 2. The van der Waals surface area contributed by atoms with Crippen LogP contribution in [-0.4, -0.2) is 18.3 Å². The number of nitrogens with zero attached hydrogens (tertiary/aromatic N) is 1. The Morgan fingerprint density at radius 1 is 1.15 bits per heavy atom. The molecule has 140 valence electrons. The number of H-pyrrole nitrogens is 1. The number of halogens is 1. The molecule has 1 aromatic heterocycles. The zero-order valence-electron chi connectivity index (χ0n) is 16.9. The van der Waals surface area contributed by atoms with Crippen molar-refractivity contribution in [2.75, 3.05) is 0 Å². The molecule has 1 heterocycles. The van der Waals surface area contributed by atoms with Gasteiger partial charge in [-0.15, -0.1) is 11.5 Å². The van der Waals surface area contributed by atoms with Crippen LogP contribution in [0, 0.1) is 11.5 Å². The maximum absolute atomic E-state index is 4.23. The van der Waals surface area contributed by atoms with E-state index in [1.807, 2.05) is 6.20 Å². The van der Waals surface area contributed by atoms with E-state index < -0.39 is 8.07 Å². The molecule has 1 aliphatic rings. The van der Waals surface area contributed by atoms with E-state index in [1.54, 1.807) is 0 Å². The molecule has 0 saturated heterocycles. The van der Waals surface area contributed by atoms with Crippen LogP contribution in [-0.2, 0) is 6.42 Å². The fourth-order valence-corrected chi connectivity index (χ4v) is 11.3. The molecule has 2 aromatic rings. The smallest absolute Gasteiger partial charge is 0.145 e.